The molecule has 0 bridgehead atoms. The number of rotatable bonds is 9. The number of nitriles is 1. The molecule has 1 aromatic heterocycles. The van der Waals surface area contributed by atoms with E-state index >= 15 is 0 Å². The molecular weight excluding hydrogens is 550 g/mol. The fraction of sp³-hybridized carbons (Fsp3) is 0.310. The third-order valence-electron chi connectivity index (χ3n) is 7.53. The summed E-state index contributed by atoms with van der Waals surface area (Å²) in [6, 6.07) is 14.3. The van der Waals surface area contributed by atoms with Crippen molar-refractivity contribution in [3.8, 4) is 22.9 Å². The molecule has 2 atom stereocenters. The predicted octanol–water partition coefficient (Wildman–Crippen LogP) is 4.29. The number of methoxy groups -OCH3 is 1. The van der Waals surface area contributed by atoms with Crippen LogP contribution in [0.2, 0.25) is 5.02 Å². The van der Waals surface area contributed by atoms with Gasteiger partial charge in [-0.25, -0.2) is 4.79 Å². The Bertz CT molecular complexity index is 1570. The fourth-order valence-electron chi connectivity index (χ4n) is 4.99. The van der Waals surface area contributed by atoms with Gasteiger partial charge >= 0.3 is 6.09 Å². The van der Waals surface area contributed by atoms with Gasteiger partial charge in [0, 0.05) is 33.3 Å². The van der Waals surface area contributed by atoms with E-state index in [9.17, 15) is 19.6 Å². The van der Waals surface area contributed by atoms with Crippen LogP contribution in [0.4, 0.5) is 10.5 Å². The van der Waals surface area contributed by atoms with Crippen LogP contribution in [0.5, 0.6) is 5.75 Å². The van der Waals surface area contributed by atoms with Crippen molar-refractivity contribution in [3.05, 3.63) is 81.2 Å². The van der Waals surface area contributed by atoms with E-state index < -0.39 is 23.9 Å². The molecular formula is C29H28ClN5O6. The Hall–Kier alpha value is -4.37. The van der Waals surface area contributed by atoms with Gasteiger partial charge in [0.1, 0.15) is 18.0 Å². The van der Waals surface area contributed by atoms with Crippen LogP contribution < -0.4 is 26.4 Å². The topological polar surface area (TPSA) is 144 Å². The third-order valence-corrected chi connectivity index (χ3v) is 7.77. The molecule has 5 rings (SSSR count). The molecule has 2 aliphatic rings. The quantitative estimate of drug-likeness (QED) is 0.342. The summed E-state index contributed by atoms with van der Waals surface area (Å²) in [6.45, 7) is 3.01. The van der Waals surface area contributed by atoms with E-state index in [4.69, 9.17) is 25.9 Å². The van der Waals surface area contributed by atoms with E-state index in [0.29, 0.717) is 52.8 Å². The summed E-state index contributed by atoms with van der Waals surface area (Å²) < 4.78 is 12.5. The summed E-state index contributed by atoms with van der Waals surface area (Å²) in [6.07, 6.45) is 1.56. The SMILES string of the molecule is CCC1(CC(C(=O)Nc2ccc(C3NOC(=O)N3)cc2)n2cc(OC)c(-c3cc(Cl)ccc3C#N)cc2=O)COC1. The van der Waals surface area contributed by atoms with Crippen LogP contribution >= 0.6 is 11.6 Å². The maximum atomic E-state index is 13.8. The largest absolute Gasteiger partial charge is 0.495 e. The lowest BCUT2D eigenvalue weighted by Gasteiger charge is -2.43. The van der Waals surface area contributed by atoms with Crippen molar-refractivity contribution in [2.75, 3.05) is 25.6 Å². The Kier molecular flexibility index (Phi) is 7.99. The number of anilines is 1. The second kappa shape index (κ2) is 11.6. The number of aromatic nitrogens is 1. The number of pyridine rings is 1. The summed E-state index contributed by atoms with van der Waals surface area (Å²) in [5, 5.41) is 15.6. The normalized spacial score (nSPS) is 17.9. The number of hydrogen-bond donors (Lipinski definition) is 3. The predicted molar refractivity (Wildman–Crippen MR) is 150 cm³/mol. The number of ether oxygens (including phenoxy) is 2. The highest BCUT2D eigenvalue weighted by Crippen LogP contribution is 2.40. The average molecular weight is 578 g/mol. The van der Waals surface area contributed by atoms with Crippen LogP contribution in [-0.2, 0) is 14.4 Å². The Labute approximate surface area is 240 Å². The maximum absolute atomic E-state index is 13.8. The molecule has 2 saturated heterocycles. The molecule has 2 fully saturated rings. The number of nitrogens with zero attached hydrogens (tertiary/aromatic N) is 2. The molecule has 0 aliphatic carbocycles. The summed E-state index contributed by atoms with van der Waals surface area (Å²) in [4.78, 5) is 43.4. The highest BCUT2D eigenvalue weighted by atomic mass is 35.5. The van der Waals surface area contributed by atoms with E-state index in [1.807, 2.05) is 6.92 Å². The molecule has 2 aromatic carbocycles. The summed E-state index contributed by atoms with van der Waals surface area (Å²) in [7, 11) is 1.46. The van der Waals surface area contributed by atoms with Gasteiger partial charge in [-0.2, -0.15) is 5.26 Å². The van der Waals surface area contributed by atoms with Crippen LogP contribution in [0.1, 0.15) is 43.1 Å². The van der Waals surface area contributed by atoms with Crippen molar-refractivity contribution < 1.29 is 23.9 Å². The van der Waals surface area contributed by atoms with Crippen LogP contribution in [0.25, 0.3) is 11.1 Å². The fourth-order valence-corrected chi connectivity index (χ4v) is 5.16. The second-order valence-corrected chi connectivity index (χ2v) is 10.5. The van der Waals surface area contributed by atoms with Gasteiger partial charge < -0.3 is 19.6 Å². The molecule has 11 nitrogen and oxygen atoms in total. The average Bonchev–Trinajstić information content (AvgIpc) is 3.39. The van der Waals surface area contributed by atoms with E-state index in [1.54, 1.807) is 42.5 Å². The van der Waals surface area contributed by atoms with E-state index in [1.165, 1.54) is 23.9 Å². The maximum Gasteiger partial charge on any atom is 0.427 e. The Morgan fingerprint density at radius 3 is 2.56 bits per heavy atom. The smallest absolute Gasteiger partial charge is 0.427 e. The summed E-state index contributed by atoms with van der Waals surface area (Å²) >= 11 is 6.20. The van der Waals surface area contributed by atoms with Gasteiger partial charge in [0.25, 0.3) is 5.56 Å². The molecule has 3 N–H and O–H groups in total. The van der Waals surface area contributed by atoms with Crippen molar-refractivity contribution in [1.29, 1.82) is 5.26 Å². The first kappa shape index (κ1) is 28.2. The minimum absolute atomic E-state index is 0.259. The van der Waals surface area contributed by atoms with Crippen molar-refractivity contribution >= 4 is 29.3 Å². The number of carbonyl (C=O) groups excluding carboxylic acids is 2. The lowest BCUT2D eigenvalue weighted by atomic mass is 9.77. The standard InChI is InChI=1S/C29H28ClN5O6/c1-3-29(15-40-16-29)12-23(27(37)32-20-8-5-17(6-9-20)26-33-28(38)41-34-26)35-14-24(39-2)22(11-25(35)36)21-10-19(30)7-4-18(21)13-31/h4-11,14,23,26,34H,3,12,15-16H2,1-2H3,(H,32,37)(H,33,38). The Morgan fingerprint density at radius 2 is 1.98 bits per heavy atom. The number of carbonyl (C=O) groups is 2. The van der Waals surface area contributed by atoms with Crippen molar-refractivity contribution in [1.82, 2.24) is 15.4 Å². The Morgan fingerprint density at radius 1 is 1.22 bits per heavy atom. The van der Waals surface area contributed by atoms with Gasteiger partial charge in [-0.15, -0.1) is 5.48 Å². The van der Waals surface area contributed by atoms with Crippen molar-refractivity contribution in [3.63, 3.8) is 0 Å². The zero-order valence-corrected chi connectivity index (χ0v) is 23.2. The van der Waals surface area contributed by atoms with Gasteiger partial charge in [0.15, 0.2) is 0 Å². The van der Waals surface area contributed by atoms with Crippen LogP contribution in [-0.4, -0.2) is 36.9 Å². The first-order valence-corrected chi connectivity index (χ1v) is 13.4. The molecule has 0 spiro atoms. The molecule has 2 unspecified atom stereocenters. The van der Waals surface area contributed by atoms with E-state index in [2.05, 4.69) is 22.2 Å². The monoisotopic (exact) mass is 577 g/mol. The molecule has 0 radical (unpaired) electrons. The molecule has 12 heteroatoms. The zero-order chi connectivity index (χ0) is 29.1. The van der Waals surface area contributed by atoms with E-state index in [0.717, 1.165) is 12.0 Å². The highest BCUT2D eigenvalue weighted by molar-refractivity contribution is 6.31. The van der Waals surface area contributed by atoms with Crippen LogP contribution in [0.15, 0.2) is 59.5 Å². The van der Waals surface area contributed by atoms with Gasteiger partial charge in [0.05, 0.1) is 38.2 Å². The second-order valence-electron chi connectivity index (χ2n) is 10.1. The minimum Gasteiger partial charge on any atom is -0.495 e. The van der Waals surface area contributed by atoms with Gasteiger partial charge in [-0.1, -0.05) is 30.7 Å². The van der Waals surface area contributed by atoms with Crippen molar-refractivity contribution in [2.45, 2.75) is 32.0 Å². The first-order chi connectivity index (χ1) is 19.8. The number of halogens is 1. The van der Waals surface area contributed by atoms with E-state index in [-0.39, 0.29) is 11.3 Å². The van der Waals surface area contributed by atoms with Gasteiger partial charge in [0.2, 0.25) is 5.91 Å². The molecule has 0 saturated carbocycles. The minimum atomic E-state index is -0.882. The summed E-state index contributed by atoms with van der Waals surface area (Å²) in [5.41, 5.74) is 4.31. The number of nitrogens with one attached hydrogen (secondary N) is 3. The molecule has 212 valence electrons. The zero-order valence-electron chi connectivity index (χ0n) is 22.4. The Balaban J connectivity index is 1.49. The number of benzene rings is 2. The molecule has 3 aromatic rings. The number of amides is 2. The molecule has 3 heterocycles. The lowest BCUT2D eigenvalue weighted by Crippen LogP contribution is -2.46. The van der Waals surface area contributed by atoms with Crippen LogP contribution in [0.3, 0.4) is 0 Å². The summed E-state index contributed by atoms with van der Waals surface area (Å²) in [5.74, 6) is -0.0697. The van der Waals surface area contributed by atoms with Gasteiger partial charge in [-0.3, -0.25) is 19.5 Å². The first-order valence-electron chi connectivity index (χ1n) is 13.0. The third kappa shape index (κ3) is 5.76. The number of hydroxylamine groups is 1. The number of hydrogen-bond acceptors (Lipinski definition) is 8. The molecule has 41 heavy (non-hydrogen) atoms. The lowest BCUT2D eigenvalue weighted by molar-refractivity contribution is -0.136. The van der Waals surface area contributed by atoms with Crippen LogP contribution in [0, 0.1) is 16.7 Å². The molecule has 2 aliphatic heterocycles. The van der Waals surface area contributed by atoms with Crippen molar-refractivity contribution in [2.24, 2.45) is 5.41 Å². The molecule has 2 amide bonds. The highest BCUT2D eigenvalue weighted by Gasteiger charge is 2.41. The van der Waals surface area contributed by atoms with Gasteiger partial charge in [-0.05, 0) is 48.7 Å².